The summed E-state index contributed by atoms with van der Waals surface area (Å²) >= 11 is 0. The van der Waals surface area contributed by atoms with Gasteiger partial charge in [-0.2, -0.15) is 0 Å². The number of carbonyl (C=O) groups excluding carboxylic acids is 2. The van der Waals surface area contributed by atoms with Gasteiger partial charge in [-0.3, -0.25) is 9.59 Å². The third-order valence-electron chi connectivity index (χ3n) is 7.28. The standard InChI is InChI=1S/C28H26N4O2/c33-27(19-4-2-1-3-5-19)29-21-10-8-18(9-11-21)26-31-24-13-12-22(16-25(24)32-26)30-28(34)23-15-17-6-7-20(23)14-17/h1-5,8-13,16-17,20,23H,6-7,14-15H2,(H,29,33)(H,30,34)(H,31,32). The van der Waals surface area contributed by atoms with Crippen LogP contribution < -0.4 is 10.6 Å². The molecule has 6 heteroatoms. The fraction of sp³-hybridized carbons (Fsp3) is 0.250. The molecule has 3 N–H and O–H groups in total. The van der Waals surface area contributed by atoms with Gasteiger partial charge in [-0.05, 0) is 85.7 Å². The summed E-state index contributed by atoms with van der Waals surface area (Å²) in [6, 6.07) is 22.5. The number of nitrogens with zero attached hydrogens (tertiary/aromatic N) is 1. The molecule has 34 heavy (non-hydrogen) atoms. The van der Waals surface area contributed by atoms with Crippen molar-refractivity contribution in [3.8, 4) is 11.4 Å². The molecule has 2 fully saturated rings. The number of amides is 2. The van der Waals surface area contributed by atoms with Crippen molar-refractivity contribution in [2.45, 2.75) is 25.7 Å². The van der Waals surface area contributed by atoms with Gasteiger partial charge in [0.05, 0.1) is 11.0 Å². The number of H-pyrrole nitrogens is 1. The minimum atomic E-state index is -0.142. The molecule has 0 radical (unpaired) electrons. The van der Waals surface area contributed by atoms with Gasteiger partial charge in [-0.15, -0.1) is 0 Å². The van der Waals surface area contributed by atoms with Gasteiger partial charge in [0.25, 0.3) is 5.91 Å². The van der Waals surface area contributed by atoms with Crippen LogP contribution in [0.15, 0.2) is 72.8 Å². The summed E-state index contributed by atoms with van der Waals surface area (Å²) in [5.74, 6) is 2.22. The van der Waals surface area contributed by atoms with Crippen LogP contribution in [-0.2, 0) is 4.79 Å². The minimum absolute atomic E-state index is 0.142. The summed E-state index contributed by atoms with van der Waals surface area (Å²) in [5.41, 5.74) is 4.78. The van der Waals surface area contributed by atoms with Crippen LogP contribution in [0.2, 0.25) is 0 Å². The highest BCUT2D eigenvalue weighted by Crippen LogP contribution is 2.48. The van der Waals surface area contributed by atoms with Crippen LogP contribution in [0.1, 0.15) is 36.0 Å². The molecular formula is C28H26N4O2. The number of anilines is 2. The van der Waals surface area contributed by atoms with Crippen molar-refractivity contribution < 1.29 is 9.59 Å². The summed E-state index contributed by atoms with van der Waals surface area (Å²) in [6.07, 6.45) is 4.74. The number of hydrogen-bond donors (Lipinski definition) is 3. The van der Waals surface area contributed by atoms with Crippen LogP contribution in [0.25, 0.3) is 22.4 Å². The average Bonchev–Trinajstić information content (AvgIpc) is 3.61. The van der Waals surface area contributed by atoms with E-state index < -0.39 is 0 Å². The number of fused-ring (bicyclic) bond motifs is 3. The van der Waals surface area contributed by atoms with E-state index in [0.717, 1.165) is 46.1 Å². The topological polar surface area (TPSA) is 86.9 Å². The van der Waals surface area contributed by atoms with Crippen molar-refractivity contribution in [3.05, 3.63) is 78.4 Å². The monoisotopic (exact) mass is 450 g/mol. The number of aromatic amines is 1. The summed E-state index contributed by atoms with van der Waals surface area (Å²) < 4.78 is 0. The van der Waals surface area contributed by atoms with Crippen LogP contribution in [0.5, 0.6) is 0 Å². The molecule has 3 aromatic carbocycles. The van der Waals surface area contributed by atoms with E-state index in [0.29, 0.717) is 11.5 Å². The van der Waals surface area contributed by atoms with Crippen LogP contribution >= 0.6 is 0 Å². The summed E-state index contributed by atoms with van der Waals surface area (Å²) in [5, 5.41) is 6.03. The predicted octanol–water partition coefficient (Wildman–Crippen LogP) is 5.86. The molecule has 6 nitrogen and oxygen atoms in total. The van der Waals surface area contributed by atoms with Crippen LogP contribution in [0.3, 0.4) is 0 Å². The van der Waals surface area contributed by atoms with Gasteiger partial charge >= 0.3 is 0 Å². The van der Waals surface area contributed by atoms with E-state index in [-0.39, 0.29) is 17.7 Å². The molecule has 6 rings (SSSR count). The third kappa shape index (κ3) is 3.96. The Morgan fingerprint density at radius 3 is 2.38 bits per heavy atom. The number of carbonyl (C=O) groups is 2. The smallest absolute Gasteiger partial charge is 0.255 e. The Morgan fingerprint density at radius 2 is 1.65 bits per heavy atom. The molecule has 0 aliphatic heterocycles. The van der Waals surface area contributed by atoms with Gasteiger partial charge < -0.3 is 15.6 Å². The lowest BCUT2D eigenvalue weighted by Gasteiger charge is -2.20. The molecule has 0 saturated heterocycles. The average molecular weight is 451 g/mol. The molecule has 2 aliphatic rings. The Hall–Kier alpha value is -3.93. The molecule has 4 aromatic rings. The summed E-state index contributed by atoms with van der Waals surface area (Å²) in [4.78, 5) is 33.2. The molecule has 170 valence electrons. The van der Waals surface area contributed by atoms with Gasteiger partial charge in [-0.1, -0.05) is 24.6 Å². The molecule has 2 bridgehead atoms. The summed E-state index contributed by atoms with van der Waals surface area (Å²) in [7, 11) is 0. The fourth-order valence-electron chi connectivity index (χ4n) is 5.53. The Labute approximate surface area is 197 Å². The first-order valence-corrected chi connectivity index (χ1v) is 11.9. The van der Waals surface area contributed by atoms with Gasteiger partial charge in [0.2, 0.25) is 5.91 Å². The Morgan fingerprint density at radius 1 is 0.853 bits per heavy atom. The molecule has 2 aliphatic carbocycles. The molecular weight excluding hydrogens is 424 g/mol. The molecule has 3 unspecified atom stereocenters. The lowest BCUT2D eigenvalue weighted by atomic mass is 9.88. The Balaban J connectivity index is 1.15. The molecule has 0 spiro atoms. The maximum absolute atomic E-state index is 12.8. The van der Waals surface area contributed by atoms with Gasteiger partial charge in [0, 0.05) is 28.4 Å². The van der Waals surface area contributed by atoms with Crippen molar-refractivity contribution in [2.75, 3.05) is 10.6 Å². The fourth-order valence-corrected chi connectivity index (χ4v) is 5.53. The zero-order valence-electron chi connectivity index (χ0n) is 18.8. The zero-order valence-corrected chi connectivity index (χ0v) is 18.8. The number of nitrogens with one attached hydrogen (secondary N) is 3. The molecule has 3 atom stereocenters. The highest BCUT2D eigenvalue weighted by atomic mass is 16.2. The first-order valence-electron chi connectivity index (χ1n) is 11.9. The normalized spacial score (nSPS) is 21.0. The van der Waals surface area contributed by atoms with Crippen molar-refractivity contribution in [1.82, 2.24) is 9.97 Å². The molecule has 2 amide bonds. The lowest BCUT2D eigenvalue weighted by Crippen LogP contribution is -2.27. The van der Waals surface area contributed by atoms with E-state index in [2.05, 4.69) is 15.6 Å². The predicted molar refractivity (Wildman–Crippen MR) is 133 cm³/mol. The second kappa shape index (κ2) is 8.45. The first-order chi connectivity index (χ1) is 16.6. The maximum Gasteiger partial charge on any atom is 0.255 e. The minimum Gasteiger partial charge on any atom is -0.338 e. The highest BCUT2D eigenvalue weighted by molar-refractivity contribution is 6.04. The first kappa shape index (κ1) is 20.7. The maximum atomic E-state index is 12.8. The largest absolute Gasteiger partial charge is 0.338 e. The molecule has 1 aromatic heterocycles. The number of benzene rings is 3. The van der Waals surface area contributed by atoms with E-state index in [1.54, 1.807) is 12.1 Å². The van der Waals surface area contributed by atoms with Crippen molar-refractivity contribution in [1.29, 1.82) is 0 Å². The lowest BCUT2D eigenvalue weighted by molar-refractivity contribution is -0.121. The van der Waals surface area contributed by atoms with Gasteiger partial charge in [-0.25, -0.2) is 4.98 Å². The molecule has 1 heterocycles. The van der Waals surface area contributed by atoms with E-state index in [1.807, 2.05) is 60.7 Å². The summed E-state index contributed by atoms with van der Waals surface area (Å²) in [6.45, 7) is 0. The second-order valence-corrected chi connectivity index (χ2v) is 9.49. The van der Waals surface area contributed by atoms with Gasteiger partial charge in [0.1, 0.15) is 5.82 Å². The number of aromatic nitrogens is 2. The van der Waals surface area contributed by atoms with Crippen molar-refractivity contribution in [2.24, 2.45) is 17.8 Å². The van der Waals surface area contributed by atoms with Gasteiger partial charge in [0.15, 0.2) is 0 Å². The second-order valence-electron chi connectivity index (χ2n) is 9.49. The van der Waals surface area contributed by atoms with Crippen LogP contribution in [0, 0.1) is 17.8 Å². The van der Waals surface area contributed by atoms with Crippen LogP contribution in [0.4, 0.5) is 11.4 Å². The highest BCUT2D eigenvalue weighted by Gasteiger charge is 2.43. The van der Waals surface area contributed by atoms with E-state index >= 15 is 0 Å². The number of hydrogen-bond acceptors (Lipinski definition) is 3. The van der Waals surface area contributed by atoms with E-state index in [9.17, 15) is 9.59 Å². The Kier molecular flexibility index (Phi) is 5.13. The number of rotatable bonds is 5. The third-order valence-corrected chi connectivity index (χ3v) is 7.28. The Bertz CT molecular complexity index is 1360. The SMILES string of the molecule is O=C(Nc1ccc(-c2nc3ccc(NC(=O)C4CC5CCC4C5)cc3[nH]2)cc1)c1ccccc1. The molecule has 2 saturated carbocycles. The van der Waals surface area contributed by atoms with Crippen molar-refractivity contribution in [3.63, 3.8) is 0 Å². The zero-order chi connectivity index (χ0) is 23.1. The van der Waals surface area contributed by atoms with Crippen LogP contribution in [-0.4, -0.2) is 21.8 Å². The number of imidazole rings is 1. The van der Waals surface area contributed by atoms with E-state index in [1.165, 1.54) is 19.3 Å². The van der Waals surface area contributed by atoms with E-state index in [4.69, 9.17) is 4.98 Å². The quantitative estimate of drug-likeness (QED) is 0.356. The van der Waals surface area contributed by atoms with Crippen molar-refractivity contribution >= 4 is 34.2 Å².